The van der Waals surface area contributed by atoms with Crippen LogP contribution in [0.5, 0.6) is 0 Å². The van der Waals surface area contributed by atoms with Crippen LogP contribution in [0.15, 0.2) is 48.5 Å². The minimum atomic E-state index is -0.0203. The lowest BCUT2D eigenvalue weighted by atomic mass is 10.0. The number of Topliss-reactive ketones (excluding diaryl/α,β-unsaturated/α-hetero) is 1. The molecule has 0 radical (unpaired) electrons. The monoisotopic (exact) mass is 335 g/mol. The SMILES string of the molecule is Cc1csc(CC(=O)c2cc(-c3cccnc3)cn3ncnc23)n1. The number of aromatic nitrogens is 5. The van der Waals surface area contributed by atoms with Gasteiger partial charge in [0, 0.05) is 40.8 Å². The summed E-state index contributed by atoms with van der Waals surface area (Å²) in [6, 6.07) is 5.66. The summed E-state index contributed by atoms with van der Waals surface area (Å²) < 4.78 is 1.63. The van der Waals surface area contributed by atoms with Gasteiger partial charge in [-0.3, -0.25) is 9.78 Å². The van der Waals surface area contributed by atoms with E-state index in [0.717, 1.165) is 21.8 Å². The van der Waals surface area contributed by atoms with Crippen LogP contribution in [0.2, 0.25) is 0 Å². The molecule has 4 aromatic rings. The molecule has 7 heteroatoms. The molecule has 118 valence electrons. The minimum Gasteiger partial charge on any atom is -0.294 e. The van der Waals surface area contributed by atoms with E-state index in [1.54, 1.807) is 16.9 Å². The largest absolute Gasteiger partial charge is 0.294 e. The predicted molar refractivity (Wildman–Crippen MR) is 91.1 cm³/mol. The summed E-state index contributed by atoms with van der Waals surface area (Å²) in [5.41, 5.74) is 3.83. The van der Waals surface area contributed by atoms with Crippen molar-refractivity contribution in [2.24, 2.45) is 0 Å². The van der Waals surface area contributed by atoms with Gasteiger partial charge in [0.15, 0.2) is 11.4 Å². The summed E-state index contributed by atoms with van der Waals surface area (Å²) in [4.78, 5) is 25.5. The van der Waals surface area contributed by atoms with Crippen LogP contribution in [0.4, 0.5) is 0 Å². The molecule has 0 fully saturated rings. The summed E-state index contributed by atoms with van der Waals surface area (Å²) in [6.45, 7) is 1.92. The molecule has 0 N–H and O–H groups in total. The highest BCUT2D eigenvalue weighted by molar-refractivity contribution is 7.09. The molecule has 0 aromatic carbocycles. The number of aryl methyl sites for hydroxylation is 1. The molecule has 0 aliphatic rings. The van der Waals surface area contributed by atoms with Crippen molar-refractivity contribution in [1.82, 2.24) is 24.6 Å². The lowest BCUT2D eigenvalue weighted by Crippen LogP contribution is -2.07. The first-order valence-electron chi connectivity index (χ1n) is 7.39. The minimum absolute atomic E-state index is 0.0203. The van der Waals surface area contributed by atoms with Gasteiger partial charge in [0.25, 0.3) is 0 Å². The van der Waals surface area contributed by atoms with Gasteiger partial charge in [0.2, 0.25) is 0 Å². The van der Waals surface area contributed by atoms with Crippen LogP contribution in [-0.2, 0) is 6.42 Å². The Bertz CT molecular complexity index is 1020. The lowest BCUT2D eigenvalue weighted by molar-refractivity contribution is 0.0994. The third-order valence-electron chi connectivity index (χ3n) is 3.65. The van der Waals surface area contributed by atoms with Crippen molar-refractivity contribution in [2.45, 2.75) is 13.3 Å². The smallest absolute Gasteiger partial charge is 0.173 e. The Balaban J connectivity index is 1.78. The number of rotatable bonds is 4. The van der Waals surface area contributed by atoms with E-state index in [0.29, 0.717) is 11.2 Å². The molecule has 0 aliphatic carbocycles. The van der Waals surface area contributed by atoms with Gasteiger partial charge in [0.1, 0.15) is 11.3 Å². The van der Waals surface area contributed by atoms with Gasteiger partial charge >= 0.3 is 0 Å². The van der Waals surface area contributed by atoms with Crippen molar-refractivity contribution < 1.29 is 4.79 Å². The number of ketones is 1. The van der Waals surface area contributed by atoms with Crippen LogP contribution >= 0.6 is 11.3 Å². The first-order valence-corrected chi connectivity index (χ1v) is 8.26. The molecule has 0 bridgehead atoms. The molecule has 0 amide bonds. The quantitative estimate of drug-likeness (QED) is 0.536. The number of nitrogens with zero attached hydrogens (tertiary/aromatic N) is 5. The molecule has 24 heavy (non-hydrogen) atoms. The van der Waals surface area contributed by atoms with Crippen LogP contribution in [-0.4, -0.2) is 30.3 Å². The zero-order chi connectivity index (χ0) is 16.5. The molecule has 4 rings (SSSR count). The second-order valence-electron chi connectivity index (χ2n) is 5.39. The molecule has 0 atom stereocenters. The average molecular weight is 335 g/mol. The molecule has 4 aromatic heterocycles. The molecular weight excluding hydrogens is 322 g/mol. The van der Waals surface area contributed by atoms with E-state index < -0.39 is 0 Å². The summed E-state index contributed by atoms with van der Waals surface area (Å²) in [7, 11) is 0. The Morgan fingerprint density at radius 2 is 2.25 bits per heavy atom. The Kier molecular flexibility index (Phi) is 3.62. The Labute approximate surface area is 141 Å². The molecule has 6 nitrogen and oxygen atoms in total. The van der Waals surface area contributed by atoms with Gasteiger partial charge < -0.3 is 0 Å². The summed E-state index contributed by atoms with van der Waals surface area (Å²) >= 11 is 1.50. The first-order chi connectivity index (χ1) is 11.7. The van der Waals surface area contributed by atoms with Crippen LogP contribution in [0.1, 0.15) is 21.1 Å². The van der Waals surface area contributed by atoms with Gasteiger partial charge in [-0.15, -0.1) is 11.3 Å². The zero-order valence-electron chi connectivity index (χ0n) is 12.9. The fourth-order valence-electron chi connectivity index (χ4n) is 2.54. The summed E-state index contributed by atoms with van der Waals surface area (Å²) in [5.74, 6) is -0.0203. The molecule has 0 saturated carbocycles. The van der Waals surface area contributed by atoms with E-state index in [-0.39, 0.29) is 12.2 Å². The highest BCUT2D eigenvalue weighted by atomic mass is 32.1. The van der Waals surface area contributed by atoms with E-state index >= 15 is 0 Å². The Morgan fingerprint density at radius 1 is 1.33 bits per heavy atom. The molecule has 4 heterocycles. The fourth-order valence-corrected chi connectivity index (χ4v) is 3.31. The maximum absolute atomic E-state index is 12.8. The number of pyridine rings is 2. The van der Waals surface area contributed by atoms with E-state index in [1.165, 1.54) is 17.7 Å². The van der Waals surface area contributed by atoms with Gasteiger partial charge in [-0.05, 0) is 19.1 Å². The van der Waals surface area contributed by atoms with E-state index in [4.69, 9.17) is 0 Å². The van der Waals surface area contributed by atoms with Gasteiger partial charge in [-0.1, -0.05) is 6.07 Å². The van der Waals surface area contributed by atoms with E-state index in [2.05, 4.69) is 20.1 Å². The topological polar surface area (TPSA) is 73.0 Å². The second-order valence-corrected chi connectivity index (χ2v) is 6.34. The molecular formula is C17H13N5OS. The summed E-state index contributed by atoms with van der Waals surface area (Å²) in [6.07, 6.45) is 7.04. The molecule has 0 saturated heterocycles. The van der Waals surface area contributed by atoms with Crippen molar-refractivity contribution in [3.8, 4) is 11.1 Å². The van der Waals surface area contributed by atoms with Crippen LogP contribution < -0.4 is 0 Å². The fraction of sp³-hybridized carbons (Fsp3) is 0.118. The van der Waals surface area contributed by atoms with Crippen LogP contribution in [0, 0.1) is 6.92 Å². The highest BCUT2D eigenvalue weighted by Crippen LogP contribution is 2.23. The third kappa shape index (κ3) is 2.69. The summed E-state index contributed by atoms with van der Waals surface area (Å²) in [5, 5.41) is 6.93. The van der Waals surface area contributed by atoms with Crippen molar-refractivity contribution in [3.63, 3.8) is 0 Å². The number of carbonyl (C=O) groups excluding carboxylic acids is 1. The van der Waals surface area contributed by atoms with Crippen LogP contribution in [0.25, 0.3) is 16.8 Å². The average Bonchev–Trinajstić information content (AvgIpc) is 3.23. The standard InChI is InChI=1S/C17H13N5OS/c1-11-9-24-16(21-11)6-15(23)14-5-13(12-3-2-4-18-7-12)8-22-17(14)19-10-20-22/h2-5,7-10H,6H2,1H3. The predicted octanol–water partition coefficient (Wildman–Crippen LogP) is 2.98. The van der Waals surface area contributed by atoms with Crippen molar-refractivity contribution in [3.05, 3.63) is 64.8 Å². The Morgan fingerprint density at radius 3 is 3.00 bits per heavy atom. The number of carbonyl (C=O) groups is 1. The normalized spacial score (nSPS) is 11.0. The highest BCUT2D eigenvalue weighted by Gasteiger charge is 2.16. The number of hydrogen-bond donors (Lipinski definition) is 0. The van der Waals surface area contributed by atoms with Crippen molar-refractivity contribution in [1.29, 1.82) is 0 Å². The maximum Gasteiger partial charge on any atom is 0.173 e. The Hall–Kier alpha value is -2.93. The first kappa shape index (κ1) is 14.6. The van der Waals surface area contributed by atoms with Gasteiger partial charge in [0.05, 0.1) is 12.0 Å². The number of fused-ring (bicyclic) bond motifs is 1. The van der Waals surface area contributed by atoms with Gasteiger partial charge in [-0.25, -0.2) is 14.5 Å². The van der Waals surface area contributed by atoms with Crippen molar-refractivity contribution in [2.75, 3.05) is 0 Å². The zero-order valence-corrected chi connectivity index (χ0v) is 13.7. The number of thiazole rings is 1. The second kappa shape index (κ2) is 5.93. The molecule has 0 unspecified atom stereocenters. The van der Waals surface area contributed by atoms with E-state index in [1.807, 2.05) is 36.7 Å². The van der Waals surface area contributed by atoms with Gasteiger partial charge in [-0.2, -0.15) is 5.10 Å². The molecule has 0 aliphatic heterocycles. The molecule has 0 spiro atoms. The number of hydrogen-bond acceptors (Lipinski definition) is 6. The van der Waals surface area contributed by atoms with Crippen LogP contribution in [0.3, 0.4) is 0 Å². The maximum atomic E-state index is 12.8. The third-order valence-corrected chi connectivity index (χ3v) is 4.62. The van der Waals surface area contributed by atoms with E-state index in [9.17, 15) is 4.79 Å². The van der Waals surface area contributed by atoms with Crippen molar-refractivity contribution >= 4 is 22.8 Å². The lowest BCUT2D eigenvalue weighted by Gasteiger charge is -2.06.